The molecule has 258 valence electrons. The number of aromatic nitrogens is 4. The molecule has 2 heterocycles. The molecule has 10 rings (SSSR count). The summed E-state index contributed by atoms with van der Waals surface area (Å²) >= 11 is 0. The third kappa shape index (κ3) is 6.16. The van der Waals surface area contributed by atoms with Gasteiger partial charge in [0.05, 0.1) is 11.0 Å². The molecule has 0 atom stereocenters. The van der Waals surface area contributed by atoms with Crippen molar-refractivity contribution in [2.45, 2.75) is 0 Å². The van der Waals surface area contributed by atoms with Crippen LogP contribution in [0.3, 0.4) is 0 Å². The van der Waals surface area contributed by atoms with Crippen LogP contribution < -0.4 is 0 Å². The minimum absolute atomic E-state index is 0.632. The fraction of sp³-hybridized carbons (Fsp3) is 0. The molecule has 4 nitrogen and oxygen atoms in total. The highest BCUT2D eigenvalue weighted by atomic mass is 15.0. The Balaban J connectivity index is 0.998. The summed E-state index contributed by atoms with van der Waals surface area (Å²) in [5.74, 6) is 1.90. The lowest BCUT2D eigenvalue weighted by Crippen LogP contribution is -2.00. The van der Waals surface area contributed by atoms with Gasteiger partial charge < -0.3 is 4.57 Å². The van der Waals surface area contributed by atoms with Crippen LogP contribution in [0.2, 0.25) is 0 Å². The second-order valence-electron chi connectivity index (χ2n) is 13.7. The molecular weight excluding hydrogens is 669 g/mol. The van der Waals surface area contributed by atoms with Gasteiger partial charge in [0.25, 0.3) is 0 Å². The van der Waals surface area contributed by atoms with E-state index in [1.54, 1.807) is 0 Å². The van der Waals surface area contributed by atoms with E-state index in [4.69, 9.17) is 15.0 Å². The van der Waals surface area contributed by atoms with Gasteiger partial charge in [-0.1, -0.05) is 182 Å². The Hall–Kier alpha value is -7.43. The van der Waals surface area contributed by atoms with Crippen molar-refractivity contribution >= 4 is 21.8 Å². The van der Waals surface area contributed by atoms with Crippen molar-refractivity contribution in [3.8, 4) is 73.2 Å². The summed E-state index contributed by atoms with van der Waals surface area (Å²) in [6.07, 6.45) is 0. The SMILES string of the molecule is c1ccc(-c2ccc(-c3ccc(-c4ccc(-c5nc(-c6ccccc6)nc(-c6ccc7c8ccccc8n(-c8ccccc8)c7c6)n5)cc4)cc3)cc2)cc1. The highest BCUT2D eigenvalue weighted by molar-refractivity contribution is 6.10. The van der Waals surface area contributed by atoms with E-state index in [1.807, 2.05) is 36.4 Å². The standard InChI is InChI=1S/C51H34N4/c1-4-12-35(13-5-1)36-20-22-37(23-21-36)38-24-26-39(27-25-38)40-28-30-42(31-29-40)50-52-49(41-14-6-2-7-15-41)53-51(54-50)43-32-33-46-45-18-10-11-19-47(45)55(48(46)34-43)44-16-8-3-9-17-44/h1-34H. The van der Waals surface area contributed by atoms with Crippen LogP contribution in [0.1, 0.15) is 0 Å². The number of hydrogen-bond acceptors (Lipinski definition) is 3. The highest BCUT2D eigenvalue weighted by Gasteiger charge is 2.17. The number of hydrogen-bond donors (Lipinski definition) is 0. The topological polar surface area (TPSA) is 43.6 Å². The van der Waals surface area contributed by atoms with Crippen molar-refractivity contribution in [1.82, 2.24) is 19.5 Å². The van der Waals surface area contributed by atoms with E-state index in [0.717, 1.165) is 44.5 Å². The van der Waals surface area contributed by atoms with Crippen molar-refractivity contribution in [2.24, 2.45) is 0 Å². The number of nitrogens with zero attached hydrogens (tertiary/aromatic N) is 4. The molecule has 0 saturated heterocycles. The average Bonchev–Trinajstić information content (AvgIpc) is 3.61. The van der Waals surface area contributed by atoms with Crippen molar-refractivity contribution in [3.63, 3.8) is 0 Å². The Morgan fingerprint density at radius 1 is 0.255 bits per heavy atom. The van der Waals surface area contributed by atoms with Crippen LogP contribution in [0.15, 0.2) is 206 Å². The van der Waals surface area contributed by atoms with Crippen LogP contribution in [0.25, 0.3) is 95.0 Å². The van der Waals surface area contributed by atoms with E-state index in [-0.39, 0.29) is 0 Å². The smallest absolute Gasteiger partial charge is 0.164 e. The maximum absolute atomic E-state index is 5.10. The summed E-state index contributed by atoms with van der Waals surface area (Å²) in [4.78, 5) is 15.2. The van der Waals surface area contributed by atoms with Gasteiger partial charge >= 0.3 is 0 Å². The van der Waals surface area contributed by atoms with Crippen LogP contribution in [0.5, 0.6) is 0 Å². The van der Waals surface area contributed by atoms with Crippen molar-refractivity contribution < 1.29 is 0 Å². The van der Waals surface area contributed by atoms with Crippen molar-refractivity contribution in [1.29, 1.82) is 0 Å². The predicted octanol–water partition coefficient (Wildman–Crippen LogP) is 13.0. The first kappa shape index (κ1) is 32.2. The summed E-state index contributed by atoms with van der Waals surface area (Å²) in [5, 5.41) is 2.40. The maximum Gasteiger partial charge on any atom is 0.164 e. The molecule has 0 unspecified atom stereocenters. The third-order valence-corrected chi connectivity index (χ3v) is 10.3. The van der Waals surface area contributed by atoms with Crippen LogP contribution in [-0.2, 0) is 0 Å². The number of fused-ring (bicyclic) bond motifs is 3. The fourth-order valence-electron chi connectivity index (χ4n) is 7.47. The van der Waals surface area contributed by atoms with E-state index in [2.05, 4.69) is 174 Å². The zero-order valence-electron chi connectivity index (χ0n) is 29.9. The molecule has 4 heteroatoms. The second-order valence-corrected chi connectivity index (χ2v) is 13.7. The molecule has 0 radical (unpaired) electrons. The zero-order valence-corrected chi connectivity index (χ0v) is 29.9. The van der Waals surface area contributed by atoms with Gasteiger partial charge in [-0.3, -0.25) is 0 Å². The first-order valence-corrected chi connectivity index (χ1v) is 18.5. The Labute approximate surface area is 319 Å². The van der Waals surface area contributed by atoms with E-state index in [9.17, 15) is 0 Å². The monoisotopic (exact) mass is 702 g/mol. The second kappa shape index (κ2) is 13.8. The van der Waals surface area contributed by atoms with Gasteiger partial charge in [-0.25, -0.2) is 15.0 Å². The molecule has 0 aliphatic carbocycles. The number of rotatable bonds is 7. The molecule has 8 aromatic carbocycles. The molecule has 0 aliphatic heterocycles. The Bertz CT molecular complexity index is 2920. The lowest BCUT2D eigenvalue weighted by molar-refractivity contribution is 1.07. The lowest BCUT2D eigenvalue weighted by Gasteiger charge is -2.11. The van der Waals surface area contributed by atoms with E-state index >= 15 is 0 Å². The largest absolute Gasteiger partial charge is 0.309 e. The molecule has 0 saturated carbocycles. The van der Waals surface area contributed by atoms with Crippen molar-refractivity contribution in [2.75, 3.05) is 0 Å². The summed E-state index contributed by atoms with van der Waals surface area (Å²) in [7, 11) is 0. The molecule has 0 amide bonds. The van der Waals surface area contributed by atoms with Gasteiger partial charge in [0.1, 0.15) is 0 Å². The first-order chi connectivity index (χ1) is 27.2. The van der Waals surface area contributed by atoms with Crippen LogP contribution in [-0.4, -0.2) is 19.5 Å². The molecule has 0 fully saturated rings. The van der Waals surface area contributed by atoms with Gasteiger partial charge in [0, 0.05) is 33.2 Å². The quantitative estimate of drug-likeness (QED) is 0.166. The number of para-hydroxylation sites is 2. The van der Waals surface area contributed by atoms with Gasteiger partial charge in [-0.15, -0.1) is 0 Å². The molecule has 2 aromatic heterocycles. The molecule has 0 aliphatic rings. The van der Waals surface area contributed by atoms with Gasteiger partial charge in [-0.05, 0) is 57.6 Å². The Morgan fingerprint density at radius 3 is 1.13 bits per heavy atom. The Kier molecular flexibility index (Phi) is 8.12. The van der Waals surface area contributed by atoms with Gasteiger partial charge in [-0.2, -0.15) is 0 Å². The summed E-state index contributed by atoms with van der Waals surface area (Å²) < 4.78 is 2.32. The number of benzene rings is 8. The average molecular weight is 703 g/mol. The minimum atomic E-state index is 0.632. The summed E-state index contributed by atoms with van der Waals surface area (Å²) in [6, 6.07) is 72.3. The molecule has 55 heavy (non-hydrogen) atoms. The van der Waals surface area contributed by atoms with E-state index in [1.165, 1.54) is 33.0 Å². The Morgan fingerprint density at radius 2 is 0.600 bits per heavy atom. The van der Waals surface area contributed by atoms with E-state index < -0.39 is 0 Å². The first-order valence-electron chi connectivity index (χ1n) is 18.5. The lowest BCUT2D eigenvalue weighted by atomic mass is 9.98. The molecule has 0 spiro atoms. The van der Waals surface area contributed by atoms with Crippen molar-refractivity contribution in [3.05, 3.63) is 206 Å². The summed E-state index contributed by atoms with van der Waals surface area (Å²) in [6.45, 7) is 0. The maximum atomic E-state index is 5.10. The fourth-order valence-corrected chi connectivity index (χ4v) is 7.47. The molecule has 0 N–H and O–H groups in total. The predicted molar refractivity (Wildman–Crippen MR) is 227 cm³/mol. The normalized spacial score (nSPS) is 11.3. The van der Waals surface area contributed by atoms with Gasteiger partial charge in [0.2, 0.25) is 0 Å². The minimum Gasteiger partial charge on any atom is -0.309 e. The summed E-state index contributed by atoms with van der Waals surface area (Å²) in [5.41, 5.74) is 13.3. The molecule has 0 bridgehead atoms. The van der Waals surface area contributed by atoms with Crippen LogP contribution in [0, 0.1) is 0 Å². The van der Waals surface area contributed by atoms with Gasteiger partial charge in [0.15, 0.2) is 17.5 Å². The van der Waals surface area contributed by atoms with E-state index in [0.29, 0.717) is 17.5 Å². The molecule has 10 aromatic rings. The molecular formula is C51H34N4. The third-order valence-electron chi connectivity index (χ3n) is 10.3. The van der Waals surface area contributed by atoms with Crippen LogP contribution in [0.4, 0.5) is 0 Å². The van der Waals surface area contributed by atoms with Crippen LogP contribution >= 0.6 is 0 Å². The zero-order chi connectivity index (χ0) is 36.6. The highest BCUT2D eigenvalue weighted by Crippen LogP contribution is 2.35.